The van der Waals surface area contributed by atoms with Crippen molar-refractivity contribution >= 4 is 28.8 Å². The quantitative estimate of drug-likeness (QED) is 0.770. The highest BCUT2D eigenvalue weighted by Gasteiger charge is 2.20. The number of carbonyl (C=O) groups excluding carboxylic acids is 1. The number of hydrogen-bond donors (Lipinski definition) is 1. The molecule has 0 saturated heterocycles. The number of anilines is 1. The molecule has 3 aromatic rings. The average molecular weight is 351 g/mol. The van der Waals surface area contributed by atoms with E-state index in [1.54, 1.807) is 32.0 Å². The summed E-state index contributed by atoms with van der Waals surface area (Å²) in [5.74, 6) is -0.492. The fourth-order valence-corrected chi connectivity index (χ4v) is 2.54. The zero-order chi connectivity index (χ0) is 17.4. The SMILES string of the molecule is Cc1cc(C(F)F)n2ncc(C(=O)Nc3cccc(Cl)c3C)c2n1. The summed E-state index contributed by atoms with van der Waals surface area (Å²) in [5.41, 5.74) is 1.51. The number of nitrogens with zero attached hydrogens (tertiary/aromatic N) is 3. The number of amides is 1. The topological polar surface area (TPSA) is 59.3 Å². The van der Waals surface area contributed by atoms with Crippen LogP contribution in [0.2, 0.25) is 5.02 Å². The molecule has 1 N–H and O–H groups in total. The first kappa shape index (κ1) is 16.3. The number of aryl methyl sites for hydroxylation is 1. The third kappa shape index (κ3) is 2.82. The fourth-order valence-electron chi connectivity index (χ4n) is 2.36. The van der Waals surface area contributed by atoms with E-state index in [0.717, 1.165) is 4.52 Å². The maximum Gasteiger partial charge on any atom is 0.280 e. The van der Waals surface area contributed by atoms with Gasteiger partial charge in [0.1, 0.15) is 11.3 Å². The second-order valence-electron chi connectivity index (χ2n) is 5.28. The van der Waals surface area contributed by atoms with Crippen molar-refractivity contribution < 1.29 is 13.6 Å². The van der Waals surface area contributed by atoms with Gasteiger partial charge in [-0.2, -0.15) is 5.10 Å². The van der Waals surface area contributed by atoms with Gasteiger partial charge in [-0.3, -0.25) is 4.79 Å². The molecular formula is C16H13ClF2N4O. The van der Waals surface area contributed by atoms with Gasteiger partial charge < -0.3 is 5.32 Å². The first-order valence-corrected chi connectivity index (χ1v) is 7.46. The van der Waals surface area contributed by atoms with Gasteiger partial charge in [0.2, 0.25) is 0 Å². The Labute approximate surface area is 141 Å². The molecule has 0 aliphatic rings. The lowest BCUT2D eigenvalue weighted by Gasteiger charge is -2.09. The molecule has 2 heterocycles. The standard InChI is InChI=1S/C16H13ClF2N4O/c1-8-6-13(14(18)19)23-15(21-8)10(7-20-23)16(24)22-12-5-3-4-11(17)9(12)2/h3-7,14H,1-2H3,(H,22,24). The summed E-state index contributed by atoms with van der Waals surface area (Å²) >= 11 is 6.03. The number of aromatic nitrogens is 3. The molecule has 0 bridgehead atoms. The zero-order valence-electron chi connectivity index (χ0n) is 12.8. The van der Waals surface area contributed by atoms with E-state index in [1.165, 1.54) is 12.3 Å². The van der Waals surface area contributed by atoms with Gasteiger partial charge in [0.15, 0.2) is 5.65 Å². The van der Waals surface area contributed by atoms with E-state index in [2.05, 4.69) is 15.4 Å². The lowest BCUT2D eigenvalue weighted by molar-refractivity contribution is 0.102. The Balaban J connectivity index is 2.03. The third-order valence-corrected chi connectivity index (χ3v) is 4.02. The molecule has 5 nitrogen and oxygen atoms in total. The minimum absolute atomic E-state index is 0.0856. The van der Waals surface area contributed by atoms with Crippen molar-refractivity contribution in [3.05, 3.63) is 58.0 Å². The molecular weight excluding hydrogens is 338 g/mol. The van der Waals surface area contributed by atoms with Crippen LogP contribution in [0.3, 0.4) is 0 Å². The van der Waals surface area contributed by atoms with Crippen molar-refractivity contribution in [1.82, 2.24) is 14.6 Å². The van der Waals surface area contributed by atoms with E-state index in [-0.39, 0.29) is 16.9 Å². The second-order valence-corrected chi connectivity index (χ2v) is 5.69. The van der Waals surface area contributed by atoms with Crippen LogP contribution in [0.5, 0.6) is 0 Å². The summed E-state index contributed by atoms with van der Waals surface area (Å²) < 4.78 is 27.2. The summed E-state index contributed by atoms with van der Waals surface area (Å²) in [6.07, 6.45) is -1.50. The highest BCUT2D eigenvalue weighted by Crippen LogP contribution is 2.25. The molecule has 0 fully saturated rings. The van der Waals surface area contributed by atoms with Crippen molar-refractivity contribution in [3.8, 4) is 0 Å². The Morgan fingerprint density at radius 1 is 1.33 bits per heavy atom. The maximum atomic E-state index is 13.1. The van der Waals surface area contributed by atoms with Crippen molar-refractivity contribution in [2.45, 2.75) is 20.3 Å². The molecule has 3 rings (SSSR count). The zero-order valence-corrected chi connectivity index (χ0v) is 13.6. The molecule has 8 heteroatoms. The van der Waals surface area contributed by atoms with Crippen LogP contribution < -0.4 is 5.32 Å². The van der Waals surface area contributed by atoms with E-state index >= 15 is 0 Å². The van der Waals surface area contributed by atoms with Crippen LogP contribution in [-0.2, 0) is 0 Å². The van der Waals surface area contributed by atoms with Crippen LogP contribution in [-0.4, -0.2) is 20.5 Å². The number of nitrogens with one attached hydrogen (secondary N) is 1. The van der Waals surface area contributed by atoms with E-state index in [1.807, 2.05) is 0 Å². The van der Waals surface area contributed by atoms with E-state index in [0.29, 0.717) is 22.0 Å². The van der Waals surface area contributed by atoms with Gasteiger partial charge in [-0.1, -0.05) is 17.7 Å². The molecule has 124 valence electrons. The Morgan fingerprint density at radius 3 is 2.79 bits per heavy atom. The van der Waals surface area contributed by atoms with Crippen molar-refractivity contribution in [2.75, 3.05) is 5.32 Å². The van der Waals surface area contributed by atoms with Gasteiger partial charge >= 0.3 is 0 Å². The number of hydrogen-bond acceptors (Lipinski definition) is 3. The van der Waals surface area contributed by atoms with Crippen LogP contribution in [0.25, 0.3) is 5.65 Å². The van der Waals surface area contributed by atoms with E-state index < -0.39 is 12.3 Å². The highest BCUT2D eigenvalue weighted by molar-refractivity contribution is 6.31. The number of fused-ring (bicyclic) bond motifs is 1. The van der Waals surface area contributed by atoms with E-state index in [9.17, 15) is 13.6 Å². The lowest BCUT2D eigenvalue weighted by atomic mass is 10.2. The predicted octanol–water partition coefficient (Wildman–Crippen LogP) is 4.19. The third-order valence-electron chi connectivity index (χ3n) is 3.61. The molecule has 1 amide bonds. The summed E-state index contributed by atoms with van der Waals surface area (Å²) in [7, 11) is 0. The smallest absolute Gasteiger partial charge is 0.280 e. The number of alkyl halides is 2. The molecule has 0 unspecified atom stereocenters. The van der Waals surface area contributed by atoms with Gasteiger partial charge in [0, 0.05) is 16.4 Å². The Kier molecular flexibility index (Phi) is 4.19. The summed E-state index contributed by atoms with van der Waals surface area (Å²) in [6, 6.07) is 6.36. The molecule has 0 aliphatic carbocycles. The van der Waals surface area contributed by atoms with Gasteiger partial charge in [-0.15, -0.1) is 0 Å². The molecule has 0 aliphatic heterocycles. The number of benzene rings is 1. The van der Waals surface area contributed by atoms with Gasteiger partial charge in [0.25, 0.3) is 12.3 Å². The molecule has 1 aromatic carbocycles. The molecule has 2 aromatic heterocycles. The molecule has 0 radical (unpaired) electrons. The summed E-state index contributed by atoms with van der Waals surface area (Å²) in [6.45, 7) is 3.35. The number of rotatable bonds is 3. The first-order chi connectivity index (χ1) is 11.4. The minimum Gasteiger partial charge on any atom is -0.322 e. The maximum absolute atomic E-state index is 13.1. The molecule has 0 saturated carbocycles. The highest BCUT2D eigenvalue weighted by atomic mass is 35.5. The van der Waals surface area contributed by atoms with Crippen LogP contribution in [0.4, 0.5) is 14.5 Å². The molecule has 0 atom stereocenters. The first-order valence-electron chi connectivity index (χ1n) is 7.08. The van der Waals surface area contributed by atoms with Crippen molar-refractivity contribution in [3.63, 3.8) is 0 Å². The Bertz CT molecular complexity index is 939. The van der Waals surface area contributed by atoms with Crippen LogP contribution in [0.15, 0.2) is 30.5 Å². The van der Waals surface area contributed by atoms with Crippen molar-refractivity contribution in [1.29, 1.82) is 0 Å². The Hall–Kier alpha value is -2.54. The molecule has 0 spiro atoms. The van der Waals surface area contributed by atoms with Crippen LogP contribution >= 0.6 is 11.6 Å². The Morgan fingerprint density at radius 2 is 2.08 bits per heavy atom. The minimum atomic E-state index is -2.72. The van der Waals surface area contributed by atoms with Gasteiger partial charge in [-0.25, -0.2) is 18.3 Å². The van der Waals surface area contributed by atoms with Crippen LogP contribution in [0.1, 0.15) is 33.7 Å². The second kappa shape index (κ2) is 6.16. The van der Waals surface area contributed by atoms with E-state index in [4.69, 9.17) is 11.6 Å². The summed E-state index contributed by atoms with van der Waals surface area (Å²) in [5, 5.41) is 7.10. The summed E-state index contributed by atoms with van der Waals surface area (Å²) in [4.78, 5) is 16.7. The monoisotopic (exact) mass is 350 g/mol. The molecule has 24 heavy (non-hydrogen) atoms. The predicted molar refractivity (Wildman–Crippen MR) is 86.8 cm³/mol. The number of halogens is 3. The fraction of sp³-hybridized carbons (Fsp3) is 0.188. The number of carbonyl (C=O) groups is 1. The van der Waals surface area contributed by atoms with Gasteiger partial charge in [-0.05, 0) is 37.6 Å². The lowest BCUT2D eigenvalue weighted by Crippen LogP contribution is -2.13. The van der Waals surface area contributed by atoms with Gasteiger partial charge in [0.05, 0.1) is 6.20 Å². The largest absolute Gasteiger partial charge is 0.322 e. The van der Waals surface area contributed by atoms with Crippen LogP contribution in [0, 0.1) is 13.8 Å². The average Bonchev–Trinajstić information content (AvgIpc) is 2.94. The normalized spacial score (nSPS) is 11.2. The van der Waals surface area contributed by atoms with Crippen molar-refractivity contribution in [2.24, 2.45) is 0 Å².